The standard InChI is InChI=1S/C21H29N3O5/c1-6-12-22-17(25)13-23-19(26)18(24-20(27)29-21(3,4)5)15(2)28-14-16-10-8-7-9-11-16/h1,7-11,15,18H,12-14H2,2-5H3,(H,22,25)(H,23,26)(H,24,27)/t15-,18+/m1/s1. The Balaban J connectivity index is 2.75. The van der Waals surface area contributed by atoms with Gasteiger partial charge in [0.15, 0.2) is 0 Å². The summed E-state index contributed by atoms with van der Waals surface area (Å²) in [4.78, 5) is 36.4. The molecule has 0 aliphatic carbocycles. The highest BCUT2D eigenvalue weighted by Gasteiger charge is 2.30. The molecule has 3 N–H and O–H groups in total. The van der Waals surface area contributed by atoms with Gasteiger partial charge in [0.05, 0.1) is 25.8 Å². The van der Waals surface area contributed by atoms with Crippen LogP contribution in [0.4, 0.5) is 4.79 Å². The zero-order valence-corrected chi connectivity index (χ0v) is 17.3. The fraction of sp³-hybridized carbons (Fsp3) is 0.476. The van der Waals surface area contributed by atoms with E-state index in [1.165, 1.54) is 0 Å². The molecule has 0 aliphatic rings. The van der Waals surface area contributed by atoms with Gasteiger partial charge in [-0.2, -0.15) is 0 Å². The maximum absolute atomic E-state index is 12.6. The molecule has 0 radical (unpaired) electrons. The van der Waals surface area contributed by atoms with E-state index in [-0.39, 0.29) is 19.7 Å². The van der Waals surface area contributed by atoms with Crippen molar-refractivity contribution in [3.05, 3.63) is 35.9 Å². The number of nitrogens with one attached hydrogen (secondary N) is 3. The molecule has 8 nitrogen and oxygen atoms in total. The van der Waals surface area contributed by atoms with E-state index in [1.807, 2.05) is 30.3 Å². The van der Waals surface area contributed by atoms with E-state index < -0.39 is 35.7 Å². The number of ether oxygens (including phenoxy) is 2. The molecule has 0 bridgehead atoms. The van der Waals surface area contributed by atoms with Gasteiger partial charge in [0.25, 0.3) is 0 Å². The highest BCUT2D eigenvalue weighted by molar-refractivity contribution is 5.89. The molecule has 1 aromatic rings. The van der Waals surface area contributed by atoms with Crippen molar-refractivity contribution in [2.24, 2.45) is 0 Å². The molecule has 29 heavy (non-hydrogen) atoms. The molecule has 3 amide bonds. The number of benzene rings is 1. The topological polar surface area (TPSA) is 106 Å². The second kappa shape index (κ2) is 11.7. The molecule has 2 atom stereocenters. The number of rotatable bonds is 9. The molecule has 0 aromatic heterocycles. The van der Waals surface area contributed by atoms with Crippen LogP contribution in [0.25, 0.3) is 0 Å². The molecule has 1 rings (SSSR count). The largest absolute Gasteiger partial charge is 0.444 e. The van der Waals surface area contributed by atoms with Gasteiger partial charge in [-0.1, -0.05) is 36.3 Å². The lowest BCUT2D eigenvalue weighted by molar-refractivity contribution is -0.130. The summed E-state index contributed by atoms with van der Waals surface area (Å²) in [6.45, 7) is 6.84. The molecule has 0 unspecified atom stereocenters. The summed E-state index contributed by atoms with van der Waals surface area (Å²) in [5.41, 5.74) is 0.193. The Kier molecular flexibility index (Phi) is 9.69. The Morgan fingerprint density at radius 2 is 1.79 bits per heavy atom. The molecule has 8 heteroatoms. The van der Waals surface area contributed by atoms with Crippen molar-refractivity contribution in [2.75, 3.05) is 13.1 Å². The second-order valence-electron chi connectivity index (χ2n) is 7.32. The third-order valence-electron chi connectivity index (χ3n) is 3.59. The molecule has 0 heterocycles. The number of terminal acetylenes is 1. The van der Waals surface area contributed by atoms with Crippen molar-refractivity contribution >= 4 is 17.9 Å². The number of carbonyl (C=O) groups excluding carboxylic acids is 3. The lowest BCUT2D eigenvalue weighted by atomic mass is 10.1. The number of hydrogen-bond donors (Lipinski definition) is 3. The van der Waals surface area contributed by atoms with Crippen LogP contribution >= 0.6 is 0 Å². The van der Waals surface area contributed by atoms with Crippen molar-refractivity contribution in [1.82, 2.24) is 16.0 Å². The van der Waals surface area contributed by atoms with E-state index in [4.69, 9.17) is 15.9 Å². The Morgan fingerprint density at radius 1 is 1.14 bits per heavy atom. The number of amides is 3. The summed E-state index contributed by atoms with van der Waals surface area (Å²) in [7, 11) is 0. The summed E-state index contributed by atoms with van der Waals surface area (Å²) in [6.07, 6.45) is 3.63. The number of alkyl carbamates (subject to hydrolysis) is 1. The van der Waals surface area contributed by atoms with Gasteiger partial charge in [0.1, 0.15) is 11.6 Å². The van der Waals surface area contributed by atoms with E-state index in [1.54, 1.807) is 27.7 Å². The molecule has 158 valence electrons. The smallest absolute Gasteiger partial charge is 0.408 e. The fourth-order valence-electron chi connectivity index (χ4n) is 2.22. The van der Waals surface area contributed by atoms with Gasteiger partial charge in [0, 0.05) is 0 Å². The van der Waals surface area contributed by atoms with Gasteiger partial charge in [0.2, 0.25) is 11.8 Å². The molecule has 0 saturated heterocycles. The Labute approximate surface area is 171 Å². The monoisotopic (exact) mass is 403 g/mol. The van der Waals surface area contributed by atoms with Gasteiger partial charge < -0.3 is 25.4 Å². The SMILES string of the molecule is C#CCNC(=O)CNC(=O)[C@@H](NC(=O)OC(C)(C)C)[C@@H](C)OCc1ccccc1. The zero-order chi connectivity index (χ0) is 21.9. The van der Waals surface area contributed by atoms with Crippen LogP contribution in [-0.2, 0) is 25.7 Å². The summed E-state index contributed by atoms with van der Waals surface area (Å²) in [5, 5.41) is 7.42. The van der Waals surface area contributed by atoms with Crippen LogP contribution in [-0.4, -0.2) is 48.7 Å². The Hall–Kier alpha value is -3.05. The normalized spacial score (nSPS) is 12.8. The van der Waals surface area contributed by atoms with Crippen LogP contribution in [0.15, 0.2) is 30.3 Å². The summed E-state index contributed by atoms with van der Waals surface area (Å²) in [6, 6.07) is 8.35. The minimum atomic E-state index is -1.06. The van der Waals surface area contributed by atoms with Crippen LogP contribution in [0.3, 0.4) is 0 Å². The lowest BCUT2D eigenvalue weighted by Gasteiger charge is -2.26. The summed E-state index contributed by atoms with van der Waals surface area (Å²) < 4.78 is 11.0. The summed E-state index contributed by atoms with van der Waals surface area (Å²) in [5.74, 6) is 1.25. The molecule has 0 fully saturated rings. The lowest BCUT2D eigenvalue weighted by Crippen LogP contribution is -2.55. The molecule has 0 aliphatic heterocycles. The van der Waals surface area contributed by atoms with Crippen molar-refractivity contribution in [2.45, 2.75) is 52.0 Å². The number of carbonyl (C=O) groups is 3. The van der Waals surface area contributed by atoms with E-state index >= 15 is 0 Å². The number of hydrogen-bond acceptors (Lipinski definition) is 5. The Bertz CT molecular complexity index is 722. The van der Waals surface area contributed by atoms with E-state index in [2.05, 4.69) is 21.9 Å². The molecule has 0 saturated carbocycles. The maximum atomic E-state index is 12.6. The predicted octanol–water partition coefficient (Wildman–Crippen LogP) is 1.35. The van der Waals surface area contributed by atoms with Crippen LogP contribution in [0, 0.1) is 12.3 Å². The van der Waals surface area contributed by atoms with E-state index in [9.17, 15) is 14.4 Å². The maximum Gasteiger partial charge on any atom is 0.408 e. The second-order valence-corrected chi connectivity index (χ2v) is 7.32. The van der Waals surface area contributed by atoms with Gasteiger partial charge in [-0.05, 0) is 33.3 Å². The van der Waals surface area contributed by atoms with Gasteiger partial charge in [-0.25, -0.2) is 4.79 Å². The van der Waals surface area contributed by atoms with Gasteiger partial charge in [-0.3, -0.25) is 9.59 Å². The first-order valence-electron chi connectivity index (χ1n) is 9.25. The summed E-state index contributed by atoms with van der Waals surface area (Å²) >= 11 is 0. The predicted molar refractivity (Wildman–Crippen MR) is 109 cm³/mol. The van der Waals surface area contributed by atoms with Crippen molar-refractivity contribution in [1.29, 1.82) is 0 Å². The average Bonchev–Trinajstić information content (AvgIpc) is 2.66. The van der Waals surface area contributed by atoms with Gasteiger partial charge in [-0.15, -0.1) is 6.42 Å². The van der Waals surface area contributed by atoms with Crippen molar-refractivity contribution in [3.8, 4) is 12.3 Å². The van der Waals surface area contributed by atoms with Crippen LogP contribution < -0.4 is 16.0 Å². The van der Waals surface area contributed by atoms with E-state index in [0.29, 0.717) is 0 Å². The van der Waals surface area contributed by atoms with Crippen molar-refractivity contribution in [3.63, 3.8) is 0 Å². The third kappa shape index (κ3) is 10.2. The first-order chi connectivity index (χ1) is 13.6. The molecular weight excluding hydrogens is 374 g/mol. The first kappa shape index (κ1) is 24.0. The highest BCUT2D eigenvalue weighted by Crippen LogP contribution is 2.10. The minimum absolute atomic E-state index is 0.0604. The highest BCUT2D eigenvalue weighted by atomic mass is 16.6. The Morgan fingerprint density at radius 3 is 2.38 bits per heavy atom. The molecular formula is C21H29N3O5. The fourth-order valence-corrected chi connectivity index (χ4v) is 2.22. The first-order valence-corrected chi connectivity index (χ1v) is 9.25. The van der Waals surface area contributed by atoms with Crippen molar-refractivity contribution < 1.29 is 23.9 Å². The van der Waals surface area contributed by atoms with Crippen LogP contribution in [0.5, 0.6) is 0 Å². The van der Waals surface area contributed by atoms with Gasteiger partial charge >= 0.3 is 6.09 Å². The van der Waals surface area contributed by atoms with Crippen LogP contribution in [0.2, 0.25) is 0 Å². The van der Waals surface area contributed by atoms with E-state index in [0.717, 1.165) is 5.56 Å². The molecule has 1 aromatic carbocycles. The molecule has 0 spiro atoms. The average molecular weight is 403 g/mol. The van der Waals surface area contributed by atoms with Crippen LogP contribution in [0.1, 0.15) is 33.3 Å². The zero-order valence-electron chi connectivity index (χ0n) is 17.3. The quantitative estimate of drug-likeness (QED) is 0.540. The third-order valence-corrected chi connectivity index (χ3v) is 3.59. The minimum Gasteiger partial charge on any atom is -0.444 e.